The molecule has 1 nitrogen and oxygen atoms in total. The molecule has 0 aliphatic heterocycles. The number of hydrogen-bond donors (Lipinski definition) is 1. The van der Waals surface area contributed by atoms with Crippen molar-refractivity contribution in [2.75, 3.05) is 0 Å². The van der Waals surface area contributed by atoms with Crippen LogP contribution in [0.2, 0.25) is 0 Å². The summed E-state index contributed by atoms with van der Waals surface area (Å²) in [6.07, 6.45) is 5.38. The van der Waals surface area contributed by atoms with Gasteiger partial charge in [0.25, 0.3) is 0 Å². The lowest BCUT2D eigenvalue weighted by atomic mass is 9.64. The number of phenols is 1. The van der Waals surface area contributed by atoms with E-state index in [0.29, 0.717) is 5.75 Å². The third-order valence-electron chi connectivity index (χ3n) is 5.59. The van der Waals surface area contributed by atoms with Crippen molar-refractivity contribution in [2.24, 2.45) is 11.8 Å². The molecule has 2 heteroatoms. The van der Waals surface area contributed by atoms with Gasteiger partial charge in [-0.3, -0.25) is 0 Å². The zero-order chi connectivity index (χ0) is 14.4. The van der Waals surface area contributed by atoms with Gasteiger partial charge in [0.05, 0.1) is 0 Å². The van der Waals surface area contributed by atoms with Crippen molar-refractivity contribution in [3.8, 4) is 5.75 Å². The molecule has 0 amide bonds. The Labute approximate surface area is 139 Å². The maximum absolute atomic E-state index is 9.62. The summed E-state index contributed by atoms with van der Waals surface area (Å²) in [5, 5.41) is 9.62. The van der Waals surface area contributed by atoms with Crippen LogP contribution in [-0.4, -0.2) is 5.11 Å². The molecule has 4 rings (SSSR count). The van der Waals surface area contributed by atoms with Gasteiger partial charge in [-0.1, -0.05) is 30.7 Å². The van der Waals surface area contributed by atoms with E-state index in [1.807, 2.05) is 12.1 Å². The van der Waals surface area contributed by atoms with Crippen LogP contribution in [0.1, 0.15) is 36.8 Å². The van der Waals surface area contributed by atoms with Gasteiger partial charge in [-0.15, -0.1) is 0 Å². The molecule has 0 aromatic heterocycles. The maximum atomic E-state index is 9.62. The van der Waals surface area contributed by atoms with Crippen LogP contribution in [0.5, 0.6) is 5.75 Å². The molecule has 2 aromatic carbocycles. The normalized spacial score (nSPS) is 30.7. The van der Waals surface area contributed by atoms with Gasteiger partial charge in [-0.2, -0.15) is 0 Å². The summed E-state index contributed by atoms with van der Waals surface area (Å²) in [5.41, 5.74) is 3.01. The van der Waals surface area contributed by atoms with Gasteiger partial charge in [0.1, 0.15) is 5.75 Å². The Bertz CT molecular complexity index is 599. The Kier molecular flexibility index (Phi) is 3.25. The van der Waals surface area contributed by atoms with E-state index in [-0.39, 0.29) is 5.41 Å². The Balaban J connectivity index is 1.87. The van der Waals surface area contributed by atoms with Crippen LogP contribution in [0.3, 0.4) is 0 Å². The summed E-state index contributed by atoms with van der Waals surface area (Å²) < 4.78 is 1.29. The average molecular weight is 390 g/mol. The van der Waals surface area contributed by atoms with Crippen molar-refractivity contribution in [1.82, 2.24) is 0 Å². The standard InChI is InChI=1S/C19H19IO/c20-17-7-3-14(4-8-17)19(12-13-1-2-16(19)11-13)15-5-9-18(21)10-6-15/h3-10,13,16,21H,1-2,11-12H2/t13?,16?,19-/m0/s1. The van der Waals surface area contributed by atoms with E-state index in [1.165, 1.54) is 40.4 Å². The molecule has 2 bridgehead atoms. The Morgan fingerprint density at radius 1 is 0.905 bits per heavy atom. The lowest BCUT2D eigenvalue weighted by Gasteiger charge is -2.39. The van der Waals surface area contributed by atoms with Crippen LogP contribution in [0.25, 0.3) is 0 Å². The van der Waals surface area contributed by atoms with Crippen LogP contribution < -0.4 is 0 Å². The second-order valence-electron chi connectivity index (χ2n) is 6.61. The third kappa shape index (κ3) is 2.10. The average Bonchev–Trinajstić information content (AvgIpc) is 3.10. The SMILES string of the molecule is Oc1ccc([C@@]2(c3ccc(I)cc3)CC3CCC2C3)cc1. The van der Waals surface area contributed by atoms with Crippen molar-refractivity contribution in [3.05, 3.63) is 63.2 Å². The van der Waals surface area contributed by atoms with E-state index in [0.717, 1.165) is 11.8 Å². The van der Waals surface area contributed by atoms with Crippen molar-refractivity contribution in [3.63, 3.8) is 0 Å². The fraction of sp³-hybridized carbons (Fsp3) is 0.368. The number of hydrogen-bond acceptors (Lipinski definition) is 1. The predicted octanol–water partition coefficient (Wildman–Crippen LogP) is 5.10. The summed E-state index contributed by atoms with van der Waals surface area (Å²) >= 11 is 2.37. The molecule has 2 saturated carbocycles. The van der Waals surface area contributed by atoms with Gasteiger partial charge in [-0.25, -0.2) is 0 Å². The molecule has 1 N–H and O–H groups in total. The lowest BCUT2D eigenvalue weighted by Crippen LogP contribution is -2.33. The minimum Gasteiger partial charge on any atom is -0.508 e. The molecule has 0 spiro atoms. The van der Waals surface area contributed by atoms with Gasteiger partial charge in [0, 0.05) is 8.99 Å². The number of rotatable bonds is 2. The zero-order valence-corrected chi connectivity index (χ0v) is 14.1. The first kappa shape index (κ1) is 13.6. The Morgan fingerprint density at radius 2 is 1.52 bits per heavy atom. The zero-order valence-electron chi connectivity index (χ0n) is 11.9. The highest BCUT2D eigenvalue weighted by Gasteiger charge is 2.52. The first-order valence-electron chi connectivity index (χ1n) is 7.74. The van der Waals surface area contributed by atoms with Crippen LogP contribution in [0.4, 0.5) is 0 Å². The molecule has 2 fully saturated rings. The third-order valence-corrected chi connectivity index (χ3v) is 6.31. The number of benzene rings is 2. The monoisotopic (exact) mass is 390 g/mol. The minimum absolute atomic E-state index is 0.168. The summed E-state index contributed by atoms with van der Waals surface area (Å²) in [6.45, 7) is 0. The van der Waals surface area contributed by atoms with Crippen LogP contribution in [0, 0.1) is 15.4 Å². The molecule has 3 atom stereocenters. The summed E-state index contributed by atoms with van der Waals surface area (Å²) in [4.78, 5) is 0. The first-order valence-corrected chi connectivity index (χ1v) is 8.82. The number of halogens is 1. The molecule has 108 valence electrons. The van der Waals surface area contributed by atoms with E-state index in [1.54, 1.807) is 0 Å². The molecule has 2 aliphatic rings. The summed E-state index contributed by atoms with van der Waals surface area (Å²) in [7, 11) is 0. The molecule has 2 unspecified atom stereocenters. The number of aromatic hydroxyl groups is 1. The molecule has 2 aromatic rings. The molecule has 0 saturated heterocycles. The van der Waals surface area contributed by atoms with Gasteiger partial charge in [0.15, 0.2) is 0 Å². The van der Waals surface area contributed by atoms with E-state index in [2.05, 4.69) is 59.0 Å². The highest BCUT2D eigenvalue weighted by Crippen LogP contribution is 2.60. The van der Waals surface area contributed by atoms with E-state index >= 15 is 0 Å². The molecule has 0 radical (unpaired) electrons. The van der Waals surface area contributed by atoms with E-state index in [9.17, 15) is 5.11 Å². The maximum Gasteiger partial charge on any atom is 0.115 e. The highest BCUT2D eigenvalue weighted by molar-refractivity contribution is 14.1. The molecule has 0 heterocycles. The van der Waals surface area contributed by atoms with Gasteiger partial charge >= 0.3 is 0 Å². The van der Waals surface area contributed by atoms with Gasteiger partial charge in [-0.05, 0) is 89.1 Å². The van der Waals surface area contributed by atoms with Crippen LogP contribution >= 0.6 is 22.6 Å². The quantitative estimate of drug-likeness (QED) is 0.708. The smallest absolute Gasteiger partial charge is 0.115 e. The second kappa shape index (κ2) is 5.01. The van der Waals surface area contributed by atoms with Crippen molar-refractivity contribution in [2.45, 2.75) is 31.1 Å². The number of phenolic OH excluding ortho intramolecular Hbond substituents is 1. The van der Waals surface area contributed by atoms with Crippen LogP contribution in [-0.2, 0) is 5.41 Å². The van der Waals surface area contributed by atoms with Gasteiger partial charge < -0.3 is 5.11 Å². The topological polar surface area (TPSA) is 20.2 Å². The second-order valence-corrected chi connectivity index (χ2v) is 7.85. The van der Waals surface area contributed by atoms with Gasteiger partial charge in [0.2, 0.25) is 0 Å². The van der Waals surface area contributed by atoms with E-state index in [4.69, 9.17) is 0 Å². The Hall–Kier alpha value is -1.03. The molecular weight excluding hydrogens is 371 g/mol. The lowest BCUT2D eigenvalue weighted by molar-refractivity contribution is 0.320. The minimum atomic E-state index is 0.168. The molecular formula is C19H19IO. The van der Waals surface area contributed by atoms with Crippen molar-refractivity contribution in [1.29, 1.82) is 0 Å². The molecule has 2 aliphatic carbocycles. The fourth-order valence-electron chi connectivity index (χ4n) is 4.71. The Morgan fingerprint density at radius 3 is 2.05 bits per heavy atom. The van der Waals surface area contributed by atoms with Crippen LogP contribution in [0.15, 0.2) is 48.5 Å². The largest absolute Gasteiger partial charge is 0.508 e. The van der Waals surface area contributed by atoms with Crippen molar-refractivity contribution >= 4 is 22.6 Å². The summed E-state index contributed by atoms with van der Waals surface area (Å²) in [6, 6.07) is 17.0. The summed E-state index contributed by atoms with van der Waals surface area (Å²) in [5.74, 6) is 2.00. The first-order chi connectivity index (χ1) is 10.2. The van der Waals surface area contributed by atoms with E-state index < -0.39 is 0 Å². The highest BCUT2D eigenvalue weighted by atomic mass is 127. The fourth-order valence-corrected chi connectivity index (χ4v) is 5.07. The predicted molar refractivity (Wildman–Crippen MR) is 93.5 cm³/mol. The molecule has 21 heavy (non-hydrogen) atoms. The number of fused-ring (bicyclic) bond motifs is 2. The van der Waals surface area contributed by atoms with Crippen molar-refractivity contribution < 1.29 is 5.11 Å².